The Bertz CT molecular complexity index is 1050. The number of carbonyl (C=O) groups excluding carboxylic acids is 2. The van der Waals surface area contributed by atoms with Crippen molar-refractivity contribution >= 4 is 28.6 Å². The van der Waals surface area contributed by atoms with Crippen LogP contribution in [0.4, 0.5) is 5.69 Å². The van der Waals surface area contributed by atoms with Gasteiger partial charge in [-0.15, -0.1) is 0 Å². The fourth-order valence-electron chi connectivity index (χ4n) is 3.25. The summed E-state index contributed by atoms with van der Waals surface area (Å²) in [6, 6.07) is 14.5. The lowest BCUT2D eigenvalue weighted by Crippen LogP contribution is -2.33. The molecule has 0 radical (unpaired) electrons. The number of hydrogen-bond acceptors (Lipinski definition) is 4. The predicted octanol–water partition coefficient (Wildman–Crippen LogP) is 3.56. The van der Waals surface area contributed by atoms with Gasteiger partial charge in [-0.3, -0.25) is 9.59 Å². The molecular weight excluding hydrogens is 370 g/mol. The van der Waals surface area contributed by atoms with Gasteiger partial charge in [0.05, 0.1) is 17.0 Å². The molecule has 7 heteroatoms. The molecule has 0 fully saturated rings. The molecule has 3 atom stereocenters. The van der Waals surface area contributed by atoms with Crippen molar-refractivity contribution in [2.45, 2.75) is 39.2 Å². The van der Waals surface area contributed by atoms with E-state index in [0.29, 0.717) is 16.7 Å². The van der Waals surface area contributed by atoms with E-state index >= 15 is 0 Å². The minimum atomic E-state index is -0.960. The molecule has 0 bridgehead atoms. The average molecular weight is 395 g/mol. The second-order valence-electron chi connectivity index (χ2n) is 7.18. The van der Waals surface area contributed by atoms with Crippen molar-refractivity contribution in [3.8, 4) is 0 Å². The van der Waals surface area contributed by atoms with Crippen LogP contribution in [0.15, 0.2) is 53.3 Å². The van der Waals surface area contributed by atoms with Crippen LogP contribution in [0.3, 0.4) is 0 Å². The van der Waals surface area contributed by atoms with E-state index in [1.54, 1.807) is 25.1 Å². The summed E-state index contributed by atoms with van der Waals surface area (Å²) < 4.78 is 5.50. The smallest absolute Gasteiger partial charge is 0.323 e. The van der Waals surface area contributed by atoms with E-state index in [1.807, 2.05) is 44.2 Å². The Hall–Kier alpha value is -3.35. The van der Waals surface area contributed by atoms with E-state index in [9.17, 15) is 14.4 Å². The Morgan fingerprint density at radius 1 is 1.03 bits per heavy atom. The first-order chi connectivity index (χ1) is 13.9. The Labute approximate surface area is 168 Å². The number of benzene rings is 2. The number of amides is 1. The van der Waals surface area contributed by atoms with Gasteiger partial charge in [-0.25, -0.2) is 4.79 Å². The number of aromatic nitrogens is 2. The predicted molar refractivity (Wildman–Crippen MR) is 112 cm³/mol. The van der Waals surface area contributed by atoms with Crippen LogP contribution in [0.25, 0.3) is 11.0 Å². The Kier molecular flexibility index (Phi) is 6.16. The molecule has 152 valence electrons. The van der Waals surface area contributed by atoms with Crippen molar-refractivity contribution in [3.63, 3.8) is 0 Å². The number of H-pyrrole nitrogens is 2. The summed E-state index contributed by atoms with van der Waals surface area (Å²) in [5.74, 6) is -1.21. The number of anilines is 1. The minimum absolute atomic E-state index is 0.0768. The lowest BCUT2D eigenvalue weighted by atomic mass is 9.85. The van der Waals surface area contributed by atoms with Crippen LogP contribution < -0.4 is 11.0 Å². The Morgan fingerprint density at radius 2 is 1.72 bits per heavy atom. The van der Waals surface area contributed by atoms with Gasteiger partial charge in [0.1, 0.15) is 0 Å². The molecule has 0 unspecified atom stereocenters. The van der Waals surface area contributed by atoms with E-state index in [4.69, 9.17) is 4.74 Å². The first kappa shape index (κ1) is 20.4. The van der Waals surface area contributed by atoms with Crippen LogP contribution in [-0.2, 0) is 14.3 Å². The number of nitrogens with one attached hydrogen (secondary N) is 3. The van der Waals surface area contributed by atoms with Crippen LogP contribution in [0.2, 0.25) is 0 Å². The van der Waals surface area contributed by atoms with Crippen molar-refractivity contribution in [1.82, 2.24) is 9.97 Å². The lowest BCUT2D eigenvalue weighted by Gasteiger charge is -2.23. The van der Waals surface area contributed by atoms with Gasteiger partial charge in [-0.2, -0.15) is 0 Å². The molecule has 0 saturated carbocycles. The number of ether oxygens (including phenoxy) is 1. The number of aromatic amines is 2. The van der Waals surface area contributed by atoms with Crippen molar-refractivity contribution in [2.75, 3.05) is 5.32 Å². The van der Waals surface area contributed by atoms with E-state index in [2.05, 4.69) is 15.3 Å². The highest BCUT2D eigenvalue weighted by Gasteiger charge is 2.30. The van der Waals surface area contributed by atoms with Crippen molar-refractivity contribution < 1.29 is 14.3 Å². The van der Waals surface area contributed by atoms with Gasteiger partial charge in [-0.05, 0) is 36.6 Å². The highest BCUT2D eigenvalue weighted by atomic mass is 16.5. The standard InChI is InChI=1S/C22H25N3O4/c1-4-13(2)19(15-8-6-5-7-9-15)21(27)29-14(3)20(26)23-16-10-11-17-18(12-16)25-22(28)24-17/h5-14,19H,4H2,1-3H3,(H,23,26)(H2,24,25,28)/t13-,14-,19-/m0/s1. The van der Waals surface area contributed by atoms with Crippen molar-refractivity contribution in [1.29, 1.82) is 0 Å². The number of fused-ring (bicyclic) bond motifs is 1. The zero-order valence-corrected chi connectivity index (χ0v) is 16.7. The largest absolute Gasteiger partial charge is 0.452 e. The Balaban J connectivity index is 1.69. The minimum Gasteiger partial charge on any atom is -0.452 e. The highest BCUT2D eigenvalue weighted by molar-refractivity contribution is 5.97. The summed E-state index contributed by atoms with van der Waals surface area (Å²) in [6.07, 6.45) is -0.150. The third kappa shape index (κ3) is 4.74. The van der Waals surface area contributed by atoms with Crippen LogP contribution in [0.5, 0.6) is 0 Å². The zero-order chi connectivity index (χ0) is 21.0. The molecule has 3 rings (SSSR count). The number of imidazole rings is 1. The second-order valence-corrected chi connectivity index (χ2v) is 7.18. The number of carbonyl (C=O) groups is 2. The lowest BCUT2D eigenvalue weighted by molar-refractivity contribution is -0.155. The molecule has 1 amide bonds. The van der Waals surface area contributed by atoms with E-state index < -0.39 is 23.9 Å². The van der Waals surface area contributed by atoms with Gasteiger partial charge >= 0.3 is 11.7 Å². The van der Waals surface area contributed by atoms with E-state index in [0.717, 1.165) is 12.0 Å². The molecule has 7 nitrogen and oxygen atoms in total. The molecule has 2 aromatic carbocycles. The van der Waals surface area contributed by atoms with Crippen molar-refractivity contribution in [3.05, 3.63) is 64.6 Å². The molecule has 29 heavy (non-hydrogen) atoms. The van der Waals surface area contributed by atoms with Crippen molar-refractivity contribution in [2.24, 2.45) is 5.92 Å². The van der Waals surface area contributed by atoms with E-state index in [1.165, 1.54) is 0 Å². The monoisotopic (exact) mass is 395 g/mol. The molecule has 3 aromatic rings. The average Bonchev–Trinajstić information content (AvgIpc) is 3.08. The van der Waals surface area contributed by atoms with Gasteiger partial charge in [0.25, 0.3) is 5.91 Å². The molecule has 0 aliphatic heterocycles. The first-order valence-corrected chi connectivity index (χ1v) is 9.67. The van der Waals surface area contributed by atoms with Gasteiger partial charge < -0.3 is 20.0 Å². The van der Waals surface area contributed by atoms with E-state index in [-0.39, 0.29) is 11.6 Å². The number of rotatable bonds is 7. The molecule has 0 saturated heterocycles. The fourth-order valence-corrected chi connectivity index (χ4v) is 3.25. The fraction of sp³-hybridized carbons (Fsp3) is 0.318. The van der Waals surface area contributed by atoms with Crippen LogP contribution in [-0.4, -0.2) is 27.9 Å². The summed E-state index contributed by atoms with van der Waals surface area (Å²) in [4.78, 5) is 42.0. The first-order valence-electron chi connectivity index (χ1n) is 9.67. The normalized spacial score (nSPS) is 14.2. The third-order valence-corrected chi connectivity index (χ3v) is 5.07. The third-order valence-electron chi connectivity index (χ3n) is 5.07. The topological polar surface area (TPSA) is 104 Å². The summed E-state index contributed by atoms with van der Waals surface area (Å²) in [6.45, 7) is 5.56. The number of hydrogen-bond donors (Lipinski definition) is 3. The van der Waals surface area contributed by atoms with Crippen LogP contribution in [0.1, 0.15) is 38.7 Å². The quantitative estimate of drug-likeness (QED) is 0.532. The zero-order valence-electron chi connectivity index (χ0n) is 16.7. The molecule has 0 aliphatic carbocycles. The molecule has 0 aliphatic rings. The summed E-state index contributed by atoms with van der Waals surface area (Å²) in [7, 11) is 0. The molecule has 0 spiro atoms. The highest BCUT2D eigenvalue weighted by Crippen LogP contribution is 2.28. The molecular formula is C22H25N3O4. The molecule has 1 heterocycles. The summed E-state index contributed by atoms with van der Waals surface area (Å²) in [5, 5.41) is 2.72. The van der Waals surface area contributed by atoms with Gasteiger partial charge in [-0.1, -0.05) is 50.6 Å². The maximum absolute atomic E-state index is 12.8. The van der Waals surface area contributed by atoms with Gasteiger partial charge in [0.15, 0.2) is 6.10 Å². The number of esters is 1. The molecule has 3 N–H and O–H groups in total. The van der Waals surface area contributed by atoms with Gasteiger partial charge in [0.2, 0.25) is 0 Å². The van der Waals surface area contributed by atoms with Crippen LogP contribution >= 0.6 is 0 Å². The maximum Gasteiger partial charge on any atom is 0.323 e. The van der Waals surface area contributed by atoms with Crippen LogP contribution in [0, 0.1) is 5.92 Å². The maximum atomic E-state index is 12.8. The van der Waals surface area contributed by atoms with Gasteiger partial charge in [0, 0.05) is 5.69 Å². The Morgan fingerprint density at radius 3 is 2.41 bits per heavy atom. The summed E-state index contributed by atoms with van der Waals surface area (Å²) in [5.41, 5.74) is 2.29. The SMILES string of the molecule is CC[C@H](C)[C@H](C(=O)O[C@@H](C)C(=O)Nc1ccc2[nH]c(=O)[nH]c2c1)c1ccccc1. The second kappa shape index (κ2) is 8.77. The molecule has 1 aromatic heterocycles. The summed E-state index contributed by atoms with van der Waals surface area (Å²) >= 11 is 0.